The summed E-state index contributed by atoms with van der Waals surface area (Å²) in [4.78, 5) is 11.7. The van der Waals surface area contributed by atoms with Crippen molar-refractivity contribution >= 4 is 17.4 Å². The first-order valence-corrected chi connectivity index (χ1v) is 5.53. The molecule has 0 aromatic heterocycles. The quantitative estimate of drug-likeness (QED) is 0.861. The molecule has 1 N–H and O–H groups in total. The third-order valence-corrected chi connectivity index (χ3v) is 2.80. The lowest BCUT2D eigenvalue weighted by Gasteiger charge is -2.10. The van der Waals surface area contributed by atoms with Gasteiger partial charge in [-0.1, -0.05) is 18.5 Å². The summed E-state index contributed by atoms with van der Waals surface area (Å²) in [6.45, 7) is 2.46. The van der Waals surface area contributed by atoms with Gasteiger partial charge in [0.1, 0.15) is 11.6 Å². The Labute approximate surface area is 99.8 Å². The van der Waals surface area contributed by atoms with Gasteiger partial charge in [-0.15, -0.1) is 0 Å². The van der Waals surface area contributed by atoms with Crippen LogP contribution in [0.3, 0.4) is 0 Å². The highest BCUT2D eigenvalue weighted by Gasteiger charge is 2.14. The van der Waals surface area contributed by atoms with Crippen molar-refractivity contribution in [3.8, 4) is 0 Å². The second-order valence-corrected chi connectivity index (χ2v) is 4.24. The van der Waals surface area contributed by atoms with Crippen LogP contribution in [0, 0.1) is 11.7 Å². The van der Waals surface area contributed by atoms with Crippen molar-refractivity contribution < 1.29 is 9.18 Å². The van der Waals surface area contributed by atoms with Gasteiger partial charge < -0.3 is 5.32 Å². The molecule has 0 radical (unpaired) electrons. The van der Waals surface area contributed by atoms with Crippen molar-refractivity contribution in [1.82, 2.24) is 5.32 Å². The first-order valence-electron chi connectivity index (χ1n) is 5.16. The number of hydrogen-bond acceptors (Lipinski definition) is 2. The van der Waals surface area contributed by atoms with Gasteiger partial charge in [-0.25, -0.2) is 4.39 Å². The molecule has 0 aliphatic carbocycles. The van der Waals surface area contributed by atoms with E-state index in [0.29, 0.717) is 17.1 Å². The molecule has 4 heteroatoms. The van der Waals surface area contributed by atoms with Crippen molar-refractivity contribution in [3.05, 3.63) is 34.6 Å². The molecule has 88 valence electrons. The number of hydrogen-bond donors (Lipinski definition) is 1. The average Bonchev–Trinajstić information content (AvgIpc) is 2.23. The Morgan fingerprint density at radius 2 is 2.25 bits per heavy atom. The van der Waals surface area contributed by atoms with Crippen LogP contribution >= 0.6 is 11.6 Å². The van der Waals surface area contributed by atoms with Crippen molar-refractivity contribution in [2.24, 2.45) is 5.92 Å². The Hall–Kier alpha value is -0.930. The molecule has 1 unspecified atom stereocenters. The molecule has 0 aliphatic heterocycles. The molecule has 0 saturated heterocycles. The Morgan fingerprint density at radius 3 is 2.88 bits per heavy atom. The second-order valence-electron chi connectivity index (χ2n) is 3.84. The summed E-state index contributed by atoms with van der Waals surface area (Å²) in [5, 5.41) is 3.37. The molecule has 16 heavy (non-hydrogen) atoms. The van der Waals surface area contributed by atoms with E-state index in [4.69, 9.17) is 11.6 Å². The number of halogens is 2. The minimum absolute atomic E-state index is 0.0573. The van der Waals surface area contributed by atoms with E-state index in [2.05, 4.69) is 5.32 Å². The van der Waals surface area contributed by atoms with Crippen LogP contribution in [0.5, 0.6) is 0 Å². The lowest BCUT2D eigenvalue weighted by atomic mass is 9.99. The number of carbonyl (C=O) groups is 1. The fraction of sp³-hybridized carbons (Fsp3) is 0.417. The summed E-state index contributed by atoms with van der Waals surface area (Å²) < 4.78 is 13.0. The fourth-order valence-electron chi connectivity index (χ4n) is 1.46. The largest absolute Gasteiger partial charge is 0.319 e. The first-order chi connectivity index (χ1) is 7.54. The van der Waals surface area contributed by atoms with Gasteiger partial charge in [-0.05, 0) is 30.8 Å². The Morgan fingerprint density at radius 1 is 1.56 bits per heavy atom. The van der Waals surface area contributed by atoms with E-state index in [1.807, 2.05) is 6.92 Å². The maximum atomic E-state index is 13.0. The minimum atomic E-state index is -0.367. The molecule has 0 spiro atoms. The molecule has 0 bridgehead atoms. The van der Waals surface area contributed by atoms with Gasteiger partial charge in [0.25, 0.3) is 0 Å². The van der Waals surface area contributed by atoms with Crippen LogP contribution in [0.15, 0.2) is 18.2 Å². The van der Waals surface area contributed by atoms with E-state index in [1.54, 1.807) is 7.05 Å². The zero-order valence-corrected chi connectivity index (χ0v) is 10.1. The third-order valence-electron chi connectivity index (χ3n) is 2.43. The molecular weight excluding hydrogens is 229 g/mol. The van der Waals surface area contributed by atoms with Crippen LogP contribution in [0.1, 0.15) is 12.5 Å². The first kappa shape index (κ1) is 13.1. The predicted molar refractivity (Wildman–Crippen MR) is 63.2 cm³/mol. The van der Waals surface area contributed by atoms with Crippen molar-refractivity contribution in [3.63, 3.8) is 0 Å². The van der Waals surface area contributed by atoms with E-state index in [1.165, 1.54) is 18.2 Å². The van der Waals surface area contributed by atoms with Crippen LogP contribution in [0.4, 0.5) is 4.39 Å². The summed E-state index contributed by atoms with van der Waals surface area (Å²) in [6, 6.07) is 4.07. The molecule has 1 aromatic rings. The Bertz CT molecular complexity index is 381. The average molecular weight is 244 g/mol. The SMILES string of the molecule is CNCC(C)C(=O)Cc1cc(F)ccc1Cl. The zero-order chi connectivity index (χ0) is 12.1. The van der Waals surface area contributed by atoms with E-state index in [9.17, 15) is 9.18 Å². The molecule has 0 heterocycles. The monoisotopic (exact) mass is 243 g/mol. The van der Waals surface area contributed by atoms with Crippen LogP contribution in [-0.4, -0.2) is 19.4 Å². The van der Waals surface area contributed by atoms with E-state index >= 15 is 0 Å². The third kappa shape index (κ3) is 3.58. The van der Waals surface area contributed by atoms with Crippen molar-refractivity contribution in [1.29, 1.82) is 0 Å². The highest BCUT2D eigenvalue weighted by Crippen LogP contribution is 2.18. The smallest absolute Gasteiger partial charge is 0.141 e. The van der Waals surface area contributed by atoms with Crippen LogP contribution in [0.2, 0.25) is 5.02 Å². The molecule has 0 amide bonds. The standard InChI is InChI=1S/C12H15ClFNO/c1-8(7-15-2)12(16)6-9-5-10(14)3-4-11(9)13/h3-5,8,15H,6-7H2,1-2H3. The van der Waals surface area contributed by atoms with Gasteiger partial charge in [-0.2, -0.15) is 0 Å². The fourth-order valence-corrected chi connectivity index (χ4v) is 1.65. The van der Waals surface area contributed by atoms with Gasteiger partial charge in [0.2, 0.25) is 0 Å². The van der Waals surface area contributed by atoms with Crippen molar-refractivity contribution in [2.75, 3.05) is 13.6 Å². The molecule has 1 atom stereocenters. The van der Waals surface area contributed by atoms with Gasteiger partial charge in [0.15, 0.2) is 0 Å². The Balaban J connectivity index is 2.72. The number of carbonyl (C=O) groups excluding carboxylic acids is 1. The summed E-state index contributed by atoms with van der Waals surface area (Å²) in [6.07, 6.45) is 0.180. The van der Waals surface area contributed by atoms with Gasteiger partial charge in [0.05, 0.1) is 0 Å². The maximum Gasteiger partial charge on any atom is 0.141 e. The zero-order valence-electron chi connectivity index (χ0n) is 9.39. The minimum Gasteiger partial charge on any atom is -0.319 e. The van der Waals surface area contributed by atoms with Crippen LogP contribution in [-0.2, 0) is 11.2 Å². The van der Waals surface area contributed by atoms with Gasteiger partial charge >= 0.3 is 0 Å². The molecule has 0 saturated carbocycles. The number of ketones is 1. The molecular formula is C12H15ClFNO. The maximum absolute atomic E-state index is 13.0. The number of rotatable bonds is 5. The van der Waals surface area contributed by atoms with Crippen LogP contribution < -0.4 is 5.32 Å². The molecule has 0 fully saturated rings. The van der Waals surface area contributed by atoms with Crippen molar-refractivity contribution in [2.45, 2.75) is 13.3 Å². The molecule has 2 nitrogen and oxygen atoms in total. The molecule has 1 aromatic carbocycles. The number of nitrogens with one attached hydrogen (secondary N) is 1. The number of Topliss-reactive ketones (excluding diaryl/α,β-unsaturated/α-hetero) is 1. The summed E-state index contributed by atoms with van der Waals surface area (Å²) in [5.41, 5.74) is 0.551. The number of benzene rings is 1. The van der Waals surface area contributed by atoms with Crippen LogP contribution in [0.25, 0.3) is 0 Å². The molecule has 0 aliphatic rings. The summed E-state index contributed by atoms with van der Waals surface area (Å²) >= 11 is 5.89. The highest BCUT2D eigenvalue weighted by atomic mass is 35.5. The lowest BCUT2D eigenvalue weighted by molar-refractivity contribution is -0.121. The normalized spacial score (nSPS) is 12.5. The lowest BCUT2D eigenvalue weighted by Crippen LogP contribution is -2.25. The Kier molecular flexibility index (Phi) is 4.90. The highest BCUT2D eigenvalue weighted by molar-refractivity contribution is 6.31. The van der Waals surface area contributed by atoms with E-state index in [0.717, 1.165) is 0 Å². The molecule has 1 rings (SSSR count). The van der Waals surface area contributed by atoms with E-state index in [-0.39, 0.29) is 23.9 Å². The predicted octanol–water partition coefficient (Wildman–Crippen LogP) is 2.45. The topological polar surface area (TPSA) is 29.1 Å². The van der Waals surface area contributed by atoms with Gasteiger partial charge in [-0.3, -0.25) is 4.79 Å². The summed E-state index contributed by atoms with van der Waals surface area (Å²) in [5.74, 6) is -0.403. The summed E-state index contributed by atoms with van der Waals surface area (Å²) in [7, 11) is 1.79. The second kappa shape index (κ2) is 5.97. The van der Waals surface area contributed by atoms with E-state index < -0.39 is 0 Å². The van der Waals surface area contributed by atoms with Gasteiger partial charge in [0, 0.05) is 23.9 Å².